The van der Waals surface area contributed by atoms with Crippen molar-refractivity contribution < 1.29 is 14.3 Å². The molecule has 21 heavy (non-hydrogen) atoms. The zero-order valence-corrected chi connectivity index (χ0v) is 13.4. The van der Waals surface area contributed by atoms with E-state index in [2.05, 4.69) is 19.1 Å². The van der Waals surface area contributed by atoms with Gasteiger partial charge in [0, 0.05) is 0 Å². The number of carbonyl (C=O) groups excluding carboxylic acids is 1. The molecular formula is C18H26O3. The van der Waals surface area contributed by atoms with Crippen molar-refractivity contribution in [1.82, 2.24) is 0 Å². The van der Waals surface area contributed by atoms with Crippen molar-refractivity contribution in [2.24, 2.45) is 0 Å². The van der Waals surface area contributed by atoms with E-state index in [9.17, 15) is 4.79 Å². The molecule has 0 unspecified atom stereocenters. The molecule has 3 nitrogen and oxygen atoms in total. The largest absolute Gasteiger partial charge is 0.490 e. The molecular weight excluding hydrogens is 264 g/mol. The van der Waals surface area contributed by atoms with Crippen LogP contribution in [0.3, 0.4) is 0 Å². The minimum Gasteiger partial charge on any atom is -0.490 e. The third kappa shape index (κ3) is 7.54. The van der Waals surface area contributed by atoms with Crippen LogP contribution >= 0.6 is 0 Å². The second-order valence-corrected chi connectivity index (χ2v) is 5.27. The molecule has 0 bridgehead atoms. The van der Waals surface area contributed by atoms with Crippen LogP contribution in [-0.2, 0) is 14.3 Å². The molecule has 0 N–H and O–H groups in total. The van der Waals surface area contributed by atoms with Crippen molar-refractivity contribution in [2.45, 2.75) is 46.0 Å². The highest BCUT2D eigenvalue weighted by Gasteiger charge is 2.10. The Kier molecular flexibility index (Phi) is 8.25. The molecule has 0 aromatic heterocycles. The van der Waals surface area contributed by atoms with Crippen molar-refractivity contribution in [3.05, 3.63) is 47.3 Å². The fraction of sp³-hybridized carbons (Fsp3) is 0.500. The Morgan fingerprint density at radius 1 is 1.19 bits per heavy atom. The van der Waals surface area contributed by atoms with Crippen molar-refractivity contribution in [2.75, 3.05) is 13.7 Å². The molecule has 3 heteroatoms. The van der Waals surface area contributed by atoms with Crippen molar-refractivity contribution in [3.8, 4) is 0 Å². The number of ether oxygens (including phenoxy) is 2. The maximum absolute atomic E-state index is 11.9. The number of hydrogen-bond donors (Lipinski definition) is 0. The van der Waals surface area contributed by atoms with E-state index in [1.165, 1.54) is 19.1 Å². The number of cyclic esters (lactones) is 1. The number of rotatable bonds is 1. The first kappa shape index (κ1) is 17.3. The van der Waals surface area contributed by atoms with Crippen LogP contribution in [0.15, 0.2) is 47.3 Å². The molecule has 0 amide bonds. The van der Waals surface area contributed by atoms with Gasteiger partial charge in [-0.2, -0.15) is 0 Å². The Balaban J connectivity index is 2.75. The second kappa shape index (κ2) is 10.0. The number of allylic oxidation sites excluding steroid dienone is 6. The predicted molar refractivity (Wildman–Crippen MR) is 85.8 cm³/mol. The molecule has 1 aliphatic heterocycles. The lowest BCUT2D eigenvalue weighted by Crippen LogP contribution is -2.10. The van der Waals surface area contributed by atoms with E-state index in [4.69, 9.17) is 9.47 Å². The maximum Gasteiger partial charge on any atom is 0.373 e. The third-order valence-corrected chi connectivity index (χ3v) is 3.31. The van der Waals surface area contributed by atoms with Crippen LogP contribution in [0.2, 0.25) is 0 Å². The van der Waals surface area contributed by atoms with Gasteiger partial charge in [0.2, 0.25) is 5.76 Å². The minimum atomic E-state index is -0.405. The SMILES string of the molecule is CO/C1=C/C(C)=C/CCCC/C(C)=C/C=C\CCOC1=O. The van der Waals surface area contributed by atoms with Crippen LogP contribution in [-0.4, -0.2) is 19.7 Å². The zero-order chi connectivity index (χ0) is 15.5. The number of carbonyl (C=O) groups is 1. The molecule has 1 rings (SSSR count). The van der Waals surface area contributed by atoms with E-state index in [0.29, 0.717) is 13.0 Å². The van der Waals surface area contributed by atoms with E-state index in [1.807, 2.05) is 19.1 Å². The summed E-state index contributed by atoms with van der Waals surface area (Å²) >= 11 is 0. The first-order valence-corrected chi connectivity index (χ1v) is 7.55. The molecule has 0 atom stereocenters. The minimum absolute atomic E-state index is 0.260. The lowest BCUT2D eigenvalue weighted by Gasteiger charge is -2.07. The summed E-state index contributed by atoms with van der Waals surface area (Å²) in [5.74, 6) is -0.145. The van der Waals surface area contributed by atoms with Crippen LogP contribution in [0.5, 0.6) is 0 Å². The lowest BCUT2D eigenvalue weighted by atomic mass is 10.1. The Morgan fingerprint density at radius 2 is 2.00 bits per heavy atom. The van der Waals surface area contributed by atoms with Crippen LogP contribution in [0.4, 0.5) is 0 Å². The Labute approximate surface area is 128 Å². The molecule has 0 radical (unpaired) electrons. The Bertz CT molecular complexity index is 453. The summed E-state index contributed by atoms with van der Waals surface area (Å²) in [5.41, 5.74) is 2.42. The summed E-state index contributed by atoms with van der Waals surface area (Å²) in [4.78, 5) is 11.9. The van der Waals surface area contributed by atoms with Gasteiger partial charge in [-0.3, -0.25) is 0 Å². The van der Waals surface area contributed by atoms with Gasteiger partial charge in [0.05, 0.1) is 13.7 Å². The van der Waals surface area contributed by atoms with E-state index >= 15 is 0 Å². The van der Waals surface area contributed by atoms with Crippen molar-refractivity contribution >= 4 is 5.97 Å². The summed E-state index contributed by atoms with van der Waals surface area (Å²) in [6.45, 7) is 4.50. The monoisotopic (exact) mass is 290 g/mol. The standard InChI is InChI=1S/C18H26O3/c1-15-10-6-4-7-12-16(2)14-17(20-3)18(19)21-13-9-5-8-11-15/h5,8,11-12,14H,4,6-7,9-10,13H2,1-3H3/b8-5-,15-11+,16-12+,17-14+. The summed E-state index contributed by atoms with van der Waals surface area (Å²) in [6, 6.07) is 0. The van der Waals surface area contributed by atoms with Gasteiger partial charge in [-0.1, -0.05) is 35.5 Å². The van der Waals surface area contributed by atoms with Crippen LogP contribution < -0.4 is 0 Å². The first-order chi connectivity index (χ1) is 10.1. The quantitative estimate of drug-likeness (QED) is 0.668. The van der Waals surface area contributed by atoms with Gasteiger partial charge in [0.15, 0.2) is 0 Å². The smallest absolute Gasteiger partial charge is 0.373 e. The van der Waals surface area contributed by atoms with E-state index in [1.54, 1.807) is 6.08 Å². The summed E-state index contributed by atoms with van der Waals surface area (Å²) in [5, 5.41) is 0. The fourth-order valence-electron chi connectivity index (χ4n) is 2.05. The van der Waals surface area contributed by atoms with Crippen LogP contribution in [0.25, 0.3) is 0 Å². The van der Waals surface area contributed by atoms with Crippen LogP contribution in [0.1, 0.15) is 46.0 Å². The van der Waals surface area contributed by atoms with Gasteiger partial charge in [-0.15, -0.1) is 0 Å². The number of esters is 1. The van der Waals surface area contributed by atoms with Crippen LogP contribution in [0, 0.1) is 0 Å². The van der Waals surface area contributed by atoms with Gasteiger partial charge < -0.3 is 9.47 Å². The Hall–Kier alpha value is -1.77. The van der Waals surface area contributed by atoms with Crippen molar-refractivity contribution in [3.63, 3.8) is 0 Å². The second-order valence-electron chi connectivity index (χ2n) is 5.27. The Morgan fingerprint density at radius 3 is 2.76 bits per heavy atom. The van der Waals surface area contributed by atoms with E-state index in [0.717, 1.165) is 24.8 Å². The average molecular weight is 290 g/mol. The lowest BCUT2D eigenvalue weighted by molar-refractivity contribution is -0.142. The van der Waals surface area contributed by atoms with Gasteiger partial charge in [0.1, 0.15) is 0 Å². The highest BCUT2D eigenvalue weighted by Crippen LogP contribution is 2.12. The highest BCUT2D eigenvalue weighted by atomic mass is 16.6. The molecule has 0 saturated carbocycles. The molecule has 0 saturated heterocycles. The van der Waals surface area contributed by atoms with Crippen molar-refractivity contribution in [1.29, 1.82) is 0 Å². The topological polar surface area (TPSA) is 35.5 Å². The first-order valence-electron chi connectivity index (χ1n) is 7.55. The third-order valence-electron chi connectivity index (χ3n) is 3.31. The molecule has 116 valence electrons. The molecule has 1 aliphatic rings. The number of hydrogen-bond acceptors (Lipinski definition) is 3. The molecule has 0 spiro atoms. The van der Waals surface area contributed by atoms with Gasteiger partial charge in [-0.25, -0.2) is 4.79 Å². The van der Waals surface area contributed by atoms with Gasteiger partial charge in [-0.05, 0) is 52.0 Å². The molecule has 0 aromatic rings. The molecule has 0 fully saturated rings. The van der Waals surface area contributed by atoms with E-state index < -0.39 is 5.97 Å². The summed E-state index contributed by atoms with van der Waals surface area (Å²) < 4.78 is 10.3. The van der Waals surface area contributed by atoms with Gasteiger partial charge >= 0.3 is 5.97 Å². The zero-order valence-electron chi connectivity index (χ0n) is 13.4. The molecule has 0 aromatic carbocycles. The summed E-state index contributed by atoms with van der Waals surface area (Å²) in [6.07, 6.45) is 15.2. The summed E-state index contributed by atoms with van der Waals surface area (Å²) in [7, 11) is 1.49. The molecule has 1 heterocycles. The maximum atomic E-state index is 11.9. The number of methoxy groups -OCH3 is 1. The van der Waals surface area contributed by atoms with E-state index in [-0.39, 0.29) is 5.76 Å². The predicted octanol–water partition coefficient (Wildman–Crippen LogP) is 4.47. The average Bonchev–Trinajstić information content (AvgIpc) is 2.46. The van der Waals surface area contributed by atoms with Gasteiger partial charge in [0.25, 0.3) is 0 Å². The normalized spacial score (nSPS) is 28.1. The molecule has 0 aliphatic carbocycles. The highest BCUT2D eigenvalue weighted by molar-refractivity contribution is 5.86. The fourth-order valence-corrected chi connectivity index (χ4v) is 2.05.